The average Bonchev–Trinajstić information content (AvgIpc) is 3.25. The molecule has 4 aromatic rings. The summed E-state index contributed by atoms with van der Waals surface area (Å²) in [6.07, 6.45) is 10.3. The molecule has 5 aliphatic rings. The lowest BCUT2D eigenvalue weighted by Crippen LogP contribution is -2.64. The Kier molecular flexibility index (Phi) is 11.0. The molecule has 4 aliphatic heterocycles. The largest absolute Gasteiger partial charge is 0.507 e. The standard InChI is InChI=1S/C47H53F2N7O4/c48-38-25-34(26-39(49)43(38)37-11-12-42(58)52-44(37)59)54-20-13-31(14-21-54)30-56-22-15-33(28-46(56)16-6-17-46)51-45(60)47(32-7-2-1-3-8-32)18-23-55(24-19-47)35-27-40(53-50-29-35)36-9-4-5-10-41(36)57/h1-5,7-10,25-27,29,31,33,37,57H,6,11-24,28,30H2,(H,51,60)(H,52,58,59)/t33-,37-/m1/s1. The summed E-state index contributed by atoms with van der Waals surface area (Å²) in [4.78, 5) is 45.6. The first-order chi connectivity index (χ1) is 29.1. The van der Waals surface area contributed by atoms with Gasteiger partial charge in [-0.05, 0) is 106 Å². The SMILES string of the molecule is O=C1CC[C@H](c2c(F)cc(N3CCC(CN4CC[C@@H](NC(=O)C5(c6ccccc6)CCN(c6cnnc(-c7ccccc7O)c6)CC5)CC45CCC5)CC3)cc2F)C(=O)N1. The van der Waals surface area contributed by atoms with Gasteiger partial charge in [0.15, 0.2) is 0 Å². The molecule has 13 heteroatoms. The lowest BCUT2D eigenvalue weighted by atomic mass is 9.67. The van der Waals surface area contributed by atoms with E-state index in [9.17, 15) is 19.5 Å². The Morgan fingerprint density at radius 3 is 2.22 bits per heavy atom. The second-order valence-electron chi connectivity index (χ2n) is 17.7. The minimum Gasteiger partial charge on any atom is -0.507 e. The van der Waals surface area contributed by atoms with Crippen molar-refractivity contribution >= 4 is 29.1 Å². The summed E-state index contributed by atoms with van der Waals surface area (Å²) in [5.41, 5.74) is 2.84. The molecule has 2 atom stereocenters. The normalized spacial score (nSPS) is 23.2. The smallest absolute Gasteiger partial charge is 0.234 e. The number of phenolic OH excluding ortho intramolecular Hbond substituents is 1. The van der Waals surface area contributed by atoms with E-state index in [2.05, 4.69) is 42.8 Å². The summed E-state index contributed by atoms with van der Waals surface area (Å²) in [7, 11) is 0. The zero-order chi connectivity index (χ0) is 41.4. The molecule has 3 N–H and O–H groups in total. The number of amides is 3. The number of imide groups is 1. The maximum absolute atomic E-state index is 15.3. The number of hydrogen-bond acceptors (Lipinski definition) is 9. The zero-order valence-electron chi connectivity index (χ0n) is 33.9. The van der Waals surface area contributed by atoms with Gasteiger partial charge >= 0.3 is 0 Å². The van der Waals surface area contributed by atoms with Gasteiger partial charge in [0.2, 0.25) is 17.7 Å². The Bertz CT molecular complexity index is 2210. The van der Waals surface area contributed by atoms with E-state index < -0.39 is 34.8 Å². The highest BCUT2D eigenvalue weighted by molar-refractivity contribution is 6.01. The maximum Gasteiger partial charge on any atom is 0.234 e. The van der Waals surface area contributed by atoms with E-state index in [1.165, 1.54) is 18.6 Å². The Hall–Kier alpha value is -5.43. The number of aromatic nitrogens is 2. The molecule has 5 fully saturated rings. The predicted octanol–water partition coefficient (Wildman–Crippen LogP) is 6.61. The number of carbonyl (C=O) groups is 3. The lowest BCUT2D eigenvalue weighted by Gasteiger charge is -2.56. The molecule has 1 spiro atoms. The molecule has 11 nitrogen and oxygen atoms in total. The van der Waals surface area contributed by atoms with Crippen molar-refractivity contribution in [3.8, 4) is 17.0 Å². The topological polar surface area (TPSA) is 131 Å². The van der Waals surface area contributed by atoms with Crippen LogP contribution in [0, 0.1) is 17.6 Å². The molecule has 3 aromatic carbocycles. The van der Waals surface area contributed by atoms with Crippen molar-refractivity contribution in [2.75, 3.05) is 49.1 Å². The van der Waals surface area contributed by atoms with Gasteiger partial charge in [-0.25, -0.2) is 8.78 Å². The van der Waals surface area contributed by atoms with Crippen molar-refractivity contribution in [2.45, 2.75) is 93.5 Å². The van der Waals surface area contributed by atoms with Crippen molar-refractivity contribution in [1.29, 1.82) is 0 Å². The summed E-state index contributed by atoms with van der Waals surface area (Å²) < 4.78 is 30.7. The van der Waals surface area contributed by atoms with E-state index >= 15 is 8.78 Å². The number of nitrogens with zero attached hydrogens (tertiary/aromatic N) is 5. The highest BCUT2D eigenvalue weighted by Gasteiger charge is 2.49. The first kappa shape index (κ1) is 40.0. The number of halogens is 2. The van der Waals surface area contributed by atoms with Crippen LogP contribution in [0.4, 0.5) is 20.2 Å². The van der Waals surface area contributed by atoms with E-state index in [1.807, 2.05) is 41.3 Å². The van der Waals surface area contributed by atoms with Crippen LogP contribution in [0.2, 0.25) is 0 Å². The van der Waals surface area contributed by atoms with Gasteiger partial charge in [0.1, 0.15) is 17.4 Å². The zero-order valence-corrected chi connectivity index (χ0v) is 33.9. The van der Waals surface area contributed by atoms with Crippen molar-refractivity contribution in [3.63, 3.8) is 0 Å². The highest BCUT2D eigenvalue weighted by Crippen LogP contribution is 2.46. The number of aromatic hydroxyl groups is 1. The van der Waals surface area contributed by atoms with Crippen molar-refractivity contribution in [3.05, 3.63) is 102 Å². The first-order valence-electron chi connectivity index (χ1n) is 21.7. The predicted molar refractivity (Wildman–Crippen MR) is 224 cm³/mol. The van der Waals surface area contributed by atoms with Gasteiger partial charge in [-0.2, -0.15) is 10.2 Å². The number of para-hydroxylation sites is 1. The quantitative estimate of drug-likeness (QED) is 0.160. The highest BCUT2D eigenvalue weighted by atomic mass is 19.1. The number of hydrogen-bond donors (Lipinski definition) is 3. The first-order valence-corrected chi connectivity index (χ1v) is 21.7. The molecule has 314 valence electrons. The molecular weight excluding hydrogens is 765 g/mol. The molecule has 0 radical (unpaired) electrons. The second kappa shape index (κ2) is 16.6. The van der Waals surface area contributed by atoms with Crippen LogP contribution >= 0.6 is 0 Å². The van der Waals surface area contributed by atoms with Gasteiger partial charge in [0.05, 0.1) is 28.9 Å². The number of piperidine rings is 4. The van der Waals surface area contributed by atoms with Crippen LogP contribution in [0.3, 0.4) is 0 Å². The van der Waals surface area contributed by atoms with Crippen LogP contribution in [0.25, 0.3) is 11.3 Å². The van der Waals surface area contributed by atoms with E-state index in [0.717, 1.165) is 62.9 Å². The van der Waals surface area contributed by atoms with Gasteiger partial charge in [-0.15, -0.1) is 0 Å². The lowest BCUT2D eigenvalue weighted by molar-refractivity contribution is -0.134. The van der Waals surface area contributed by atoms with Crippen LogP contribution in [0.5, 0.6) is 5.75 Å². The van der Waals surface area contributed by atoms with Gasteiger partial charge in [0, 0.05) is 74.1 Å². The number of anilines is 2. The third-order valence-corrected chi connectivity index (χ3v) is 14.3. The van der Waals surface area contributed by atoms with Crippen molar-refractivity contribution in [2.24, 2.45) is 5.92 Å². The van der Waals surface area contributed by atoms with Crippen LogP contribution in [-0.2, 0) is 19.8 Å². The second-order valence-corrected chi connectivity index (χ2v) is 17.7. The molecule has 1 saturated carbocycles. The summed E-state index contributed by atoms with van der Waals surface area (Å²) in [5, 5.41) is 24.8. The van der Waals surface area contributed by atoms with E-state index in [-0.39, 0.29) is 41.6 Å². The fraction of sp³-hybridized carbons (Fsp3) is 0.468. The number of nitrogens with one attached hydrogen (secondary N) is 2. The number of carbonyl (C=O) groups excluding carboxylic acids is 3. The van der Waals surface area contributed by atoms with Crippen LogP contribution in [-0.4, -0.2) is 88.8 Å². The van der Waals surface area contributed by atoms with Crippen LogP contribution in [0.1, 0.15) is 87.7 Å². The molecule has 0 unspecified atom stereocenters. The third kappa shape index (κ3) is 7.72. The Balaban J connectivity index is 0.819. The van der Waals surface area contributed by atoms with Gasteiger partial charge < -0.3 is 20.2 Å². The molecule has 0 bridgehead atoms. The van der Waals surface area contributed by atoms with E-state index in [4.69, 9.17) is 0 Å². The van der Waals surface area contributed by atoms with Crippen molar-refractivity contribution in [1.82, 2.24) is 25.7 Å². The Morgan fingerprint density at radius 2 is 1.53 bits per heavy atom. The summed E-state index contributed by atoms with van der Waals surface area (Å²) in [6.45, 7) is 4.62. The summed E-state index contributed by atoms with van der Waals surface area (Å²) in [6, 6.07) is 22.1. The fourth-order valence-corrected chi connectivity index (χ4v) is 10.7. The molecule has 3 amide bonds. The number of rotatable bonds is 9. The summed E-state index contributed by atoms with van der Waals surface area (Å²) in [5.74, 6) is -2.84. The summed E-state index contributed by atoms with van der Waals surface area (Å²) >= 11 is 0. The van der Waals surface area contributed by atoms with E-state index in [0.29, 0.717) is 61.9 Å². The Morgan fingerprint density at radius 1 is 0.833 bits per heavy atom. The van der Waals surface area contributed by atoms with Crippen LogP contribution in [0.15, 0.2) is 79.0 Å². The third-order valence-electron chi connectivity index (χ3n) is 14.3. The molecule has 1 aromatic heterocycles. The van der Waals surface area contributed by atoms with Crippen LogP contribution < -0.4 is 20.4 Å². The van der Waals surface area contributed by atoms with Gasteiger partial charge in [-0.3, -0.25) is 24.6 Å². The van der Waals surface area contributed by atoms with Gasteiger partial charge in [-0.1, -0.05) is 42.5 Å². The maximum atomic E-state index is 15.3. The number of phenols is 1. The molecule has 60 heavy (non-hydrogen) atoms. The molecular formula is C47H53F2N7O4. The minimum absolute atomic E-state index is 0.0598. The molecule has 1 aliphatic carbocycles. The van der Waals surface area contributed by atoms with E-state index in [1.54, 1.807) is 18.3 Å². The Labute approximate surface area is 349 Å². The molecule has 9 rings (SSSR count). The number of likely N-dealkylation sites (tertiary alicyclic amines) is 1. The minimum atomic E-state index is -1.01. The fourth-order valence-electron chi connectivity index (χ4n) is 10.7. The molecule has 4 saturated heterocycles. The van der Waals surface area contributed by atoms with Crippen molar-refractivity contribution < 1.29 is 28.3 Å². The molecule has 5 heterocycles. The average molecular weight is 818 g/mol. The number of benzene rings is 3. The van der Waals surface area contributed by atoms with Gasteiger partial charge in [0.25, 0.3) is 0 Å². The monoisotopic (exact) mass is 817 g/mol.